The van der Waals surface area contributed by atoms with Gasteiger partial charge in [-0.1, -0.05) is 0 Å². The zero-order valence-corrected chi connectivity index (χ0v) is 16.9. The average Bonchev–Trinajstić information content (AvgIpc) is 3.36. The molecule has 0 unspecified atom stereocenters. The molecule has 1 amide bonds. The first-order valence-electron chi connectivity index (χ1n) is 9.13. The Balaban J connectivity index is 1.57. The van der Waals surface area contributed by atoms with Crippen LogP contribution < -0.4 is 10.1 Å². The Morgan fingerprint density at radius 3 is 2.83 bits per heavy atom. The Bertz CT molecular complexity index is 967. The van der Waals surface area contributed by atoms with Gasteiger partial charge in [-0.3, -0.25) is 14.6 Å². The number of amides is 1. The molecular formula is C17H21N9O2S. The van der Waals surface area contributed by atoms with Crippen molar-refractivity contribution >= 4 is 23.5 Å². The molecule has 1 aliphatic rings. The number of nitrogens with zero attached hydrogens (tertiary/aromatic N) is 7. The fourth-order valence-corrected chi connectivity index (χ4v) is 3.54. The summed E-state index contributed by atoms with van der Waals surface area (Å²) in [5, 5.41) is 14.5. The van der Waals surface area contributed by atoms with E-state index in [9.17, 15) is 4.79 Å². The maximum atomic E-state index is 12.9. The first-order valence-corrected chi connectivity index (χ1v) is 9.95. The summed E-state index contributed by atoms with van der Waals surface area (Å²) in [5.74, 6) is 0.215. The van der Waals surface area contributed by atoms with Gasteiger partial charge in [0.25, 0.3) is 5.91 Å². The SMILES string of the molecule is CN1CCC(Oc2ncc(Sc3ncn[nH]3)nc2C(=O)Nc2ccn(C)n2)CC1. The van der Waals surface area contributed by atoms with E-state index in [1.165, 1.54) is 18.1 Å². The molecule has 3 aromatic heterocycles. The summed E-state index contributed by atoms with van der Waals surface area (Å²) in [4.78, 5) is 28.0. The molecule has 12 heteroatoms. The summed E-state index contributed by atoms with van der Waals surface area (Å²) < 4.78 is 7.66. The molecule has 0 atom stereocenters. The minimum atomic E-state index is -0.431. The number of hydrogen-bond donors (Lipinski definition) is 2. The van der Waals surface area contributed by atoms with Crippen LogP contribution in [0.15, 0.2) is 35.0 Å². The summed E-state index contributed by atoms with van der Waals surface area (Å²) in [6.07, 6.45) is 6.45. The molecule has 0 aliphatic carbocycles. The van der Waals surface area contributed by atoms with Gasteiger partial charge in [0.15, 0.2) is 16.7 Å². The van der Waals surface area contributed by atoms with Gasteiger partial charge in [-0.25, -0.2) is 15.0 Å². The number of H-pyrrole nitrogens is 1. The summed E-state index contributed by atoms with van der Waals surface area (Å²) >= 11 is 1.23. The van der Waals surface area contributed by atoms with Crippen LogP contribution in [-0.2, 0) is 7.05 Å². The number of hydrogen-bond acceptors (Lipinski definition) is 9. The van der Waals surface area contributed by atoms with Crippen LogP contribution in [0.1, 0.15) is 23.3 Å². The lowest BCUT2D eigenvalue weighted by Crippen LogP contribution is -2.36. The molecule has 0 saturated carbocycles. The molecule has 1 fully saturated rings. The average molecular weight is 415 g/mol. The third-order valence-corrected chi connectivity index (χ3v) is 5.22. The number of nitrogens with one attached hydrogen (secondary N) is 2. The number of likely N-dealkylation sites (tertiary alicyclic amines) is 1. The minimum absolute atomic E-state index is 0.00493. The number of anilines is 1. The van der Waals surface area contributed by atoms with Crippen molar-refractivity contribution in [2.75, 3.05) is 25.5 Å². The quantitative estimate of drug-likeness (QED) is 0.610. The Morgan fingerprint density at radius 2 is 2.14 bits per heavy atom. The van der Waals surface area contributed by atoms with Gasteiger partial charge in [0, 0.05) is 32.4 Å². The van der Waals surface area contributed by atoms with Gasteiger partial charge in [0.2, 0.25) is 5.88 Å². The monoisotopic (exact) mass is 415 g/mol. The van der Waals surface area contributed by atoms with Gasteiger partial charge < -0.3 is 15.0 Å². The second-order valence-electron chi connectivity index (χ2n) is 6.70. The molecule has 0 radical (unpaired) electrons. The topological polar surface area (TPSA) is 127 Å². The van der Waals surface area contributed by atoms with Gasteiger partial charge in [0.05, 0.1) is 6.20 Å². The van der Waals surface area contributed by atoms with E-state index in [0.717, 1.165) is 25.9 Å². The lowest BCUT2D eigenvalue weighted by atomic mass is 10.1. The largest absolute Gasteiger partial charge is 0.473 e. The van der Waals surface area contributed by atoms with E-state index in [1.807, 2.05) is 0 Å². The van der Waals surface area contributed by atoms with E-state index in [2.05, 4.69) is 47.5 Å². The maximum absolute atomic E-state index is 12.9. The number of aromatic nitrogens is 7. The second-order valence-corrected chi connectivity index (χ2v) is 7.71. The number of ether oxygens (including phenoxy) is 1. The first kappa shape index (κ1) is 19.3. The van der Waals surface area contributed by atoms with Gasteiger partial charge in [-0.05, 0) is 31.7 Å². The summed E-state index contributed by atoms with van der Waals surface area (Å²) in [5.41, 5.74) is 0.110. The van der Waals surface area contributed by atoms with E-state index in [0.29, 0.717) is 16.0 Å². The molecule has 1 saturated heterocycles. The minimum Gasteiger partial charge on any atom is -0.473 e. The number of piperidine rings is 1. The fourth-order valence-electron chi connectivity index (χ4n) is 2.91. The molecule has 3 aromatic rings. The van der Waals surface area contributed by atoms with Crippen molar-refractivity contribution in [3.05, 3.63) is 30.5 Å². The zero-order chi connectivity index (χ0) is 20.2. The van der Waals surface area contributed by atoms with Crippen molar-refractivity contribution in [3.8, 4) is 5.88 Å². The van der Waals surface area contributed by atoms with Gasteiger partial charge >= 0.3 is 0 Å². The Hall–Kier alpha value is -2.99. The van der Waals surface area contributed by atoms with Crippen molar-refractivity contribution in [2.24, 2.45) is 7.05 Å². The standard InChI is InChI=1S/C17H21N9O2S/c1-25-6-3-11(4-7-25)28-16-14(15(27)21-12-5-8-26(2)24-12)22-13(9-18-16)29-17-19-10-20-23-17/h5,8-11H,3-4,6-7H2,1-2H3,(H,19,20,23)(H,21,24,27). The Labute approximate surface area is 171 Å². The molecule has 4 rings (SSSR count). The summed E-state index contributed by atoms with van der Waals surface area (Å²) in [6, 6.07) is 1.70. The van der Waals surface area contributed by atoms with Gasteiger partial charge in [-0.2, -0.15) is 10.2 Å². The smallest absolute Gasteiger partial charge is 0.281 e. The molecule has 0 spiro atoms. The highest BCUT2D eigenvalue weighted by atomic mass is 32.2. The van der Waals surface area contributed by atoms with Crippen molar-refractivity contribution in [1.82, 2.24) is 39.8 Å². The maximum Gasteiger partial charge on any atom is 0.281 e. The highest BCUT2D eigenvalue weighted by molar-refractivity contribution is 7.99. The highest BCUT2D eigenvalue weighted by Crippen LogP contribution is 2.26. The molecule has 11 nitrogen and oxygen atoms in total. The molecule has 2 N–H and O–H groups in total. The lowest BCUT2D eigenvalue weighted by Gasteiger charge is -2.29. The van der Waals surface area contributed by atoms with E-state index in [1.54, 1.807) is 30.2 Å². The van der Waals surface area contributed by atoms with Crippen molar-refractivity contribution in [1.29, 1.82) is 0 Å². The first-order chi connectivity index (χ1) is 14.1. The summed E-state index contributed by atoms with van der Waals surface area (Å²) in [7, 11) is 3.86. The third kappa shape index (κ3) is 4.90. The van der Waals surface area contributed by atoms with Gasteiger partial charge in [-0.15, -0.1) is 0 Å². The van der Waals surface area contributed by atoms with Crippen LogP contribution in [0.4, 0.5) is 5.82 Å². The molecule has 0 bridgehead atoms. The van der Waals surface area contributed by atoms with Crippen molar-refractivity contribution in [3.63, 3.8) is 0 Å². The lowest BCUT2D eigenvalue weighted by molar-refractivity contribution is 0.0965. The van der Waals surface area contributed by atoms with Crippen LogP contribution in [0.25, 0.3) is 0 Å². The Kier molecular flexibility index (Phi) is 5.71. The predicted octanol–water partition coefficient (Wildman–Crippen LogP) is 1.20. The van der Waals surface area contributed by atoms with Crippen molar-refractivity contribution in [2.45, 2.75) is 29.1 Å². The summed E-state index contributed by atoms with van der Waals surface area (Å²) in [6.45, 7) is 1.87. The van der Waals surface area contributed by atoms with Crippen LogP contribution in [0.5, 0.6) is 5.88 Å². The third-order valence-electron chi connectivity index (χ3n) is 4.43. The zero-order valence-electron chi connectivity index (χ0n) is 16.1. The van der Waals surface area contributed by atoms with E-state index < -0.39 is 5.91 Å². The number of carbonyl (C=O) groups excluding carboxylic acids is 1. The molecule has 29 heavy (non-hydrogen) atoms. The fraction of sp³-hybridized carbons (Fsp3) is 0.412. The van der Waals surface area contributed by atoms with E-state index >= 15 is 0 Å². The molecule has 0 aromatic carbocycles. The van der Waals surface area contributed by atoms with Crippen LogP contribution in [-0.4, -0.2) is 72.0 Å². The normalized spacial score (nSPS) is 15.4. The Morgan fingerprint density at radius 1 is 1.31 bits per heavy atom. The molecule has 1 aliphatic heterocycles. The van der Waals surface area contributed by atoms with E-state index in [4.69, 9.17) is 4.74 Å². The second kappa shape index (κ2) is 8.57. The van der Waals surface area contributed by atoms with E-state index in [-0.39, 0.29) is 17.7 Å². The number of aromatic amines is 1. The van der Waals surface area contributed by atoms with Crippen LogP contribution >= 0.6 is 11.8 Å². The van der Waals surface area contributed by atoms with Crippen molar-refractivity contribution < 1.29 is 9.53 Å². The number of aryl methyl sites for hydroxylation is 1. The van der Waals surface area contributed by atoms with Crippen LogP contribution in [0.2, 0.25) is 0 Å². The molecule has 4 heterocycles. The van der Waals surface area contributed by atoms with Crippen LogP contribution in [0, 0.1) is 0 Å². The highest BCUT2D eigenvalue weighted by Gasteiger charge is 2.24. The number of rotatable bonds is 6. The van der Waals surface area contributed by atoms with Gasteiger partial charge in [0.1, 0.15) is 17.5 Å². The van der Waals surface area contributed by atoms with Crippen LogP contribution in [0.3, 0.4) is 0 Å². The number of carbonyl (C=O) groups is 1. The molecular weight excluding hydrogens is 394 g/mol. The molecule has 152 valence electrons. The predicted molar refractivity (Wildman–Crippen MR) is 105 cm³/mol.